The number of benzene rings is 1. The number of nitrogens with zero attached hydrogens (tertiary/aromatic N) is 3. The molecule has 0 fully saturated rings. The molecule has 0 aliphatic heterocycles. The SMILES string of the molecule is CCc1ncc2cc(-c3cc(NC(=O)c4ccnc(C(F)(F)F)c4)ccc3C)c(=O)[nH]c2n1. The first kappa shape index (κ1) is 22.1. The fourth-order valence-electron chi connectivity index (χ4n) is 3.32. The van der Waals surface area contributed by atoms with Gasteiger partial charge in [0.2, 0.25) is 0 Å². The van der Waals surface area contributed by atoms with Crippen LogP contribution in [0.25, 0.3) is 22.2 Å². The minimum absolute atomic E-state index is 0.188. The number of carbonyl (C=O) groups is 1. The Morgan fingerprint density at radius 1 is 1.09 bits per heavy atom. The van der Waals surface area contributed by atoms with Crippen molar-refractivity contribution in [2.24, 2.45) is 0 Å². The Hall–Kier alpha value is -4.08. The van der Waals surface area contributed by atoms with Crippen molar-refractivity contribution in [3.05, 3.63) is 81.8 Å². The lowest BCUT2D eigenvalue weighted by molar-refractivity contribution is -0.141. The Bertz CT molecular complexity index is 1430. The van der Waals surface area contributed by atoms with Crippen LogP contribution < -0.4 is 10.9 Å². The lowest BCUT2D eigenvalue weighted by Crippen LogP contribution is -2.15. The molecule has 3 aromatic heterocycles. The fourth-order valence-corrected chi connectivity index (χ4v) is 3.32. The van der Waals surface area contributed by atoms with E-state index in [1.165, 1.54) is 6.07 Å². The number of H-pyrrole nitrogens is 1. The smallest absolute Gasteiger partial charge is 0.322 e. The Balaban J connectivity index is 1.68. The Morgan fingerprint density at radius 3 is 2.61 bits per heavy atom. The van der Waals surface area contributed by atoms with Crippen molar-refractivity contribution in [2.75, 3.05) is 5.32 Å². The quantitative estimate of drug-likeness (QED) is 0.473. The molecule has 0 bridgehead atoms. The van der Waals surface area contributed by atoms with E-state index in [2.05, 4.69) is 25.3 Å². The van der Waals surface area contributed by atoms with Gasteiger partial charge in [-0.1, -0.05) is 13.0 Å². The standard InChI is InChI=1S/C23H18F3N5O2/c1-3-19-28-11-14-8-17(22(33)31-20(14)30-19)16-10-15(5-4-12(16)2)29-21(32)13-6-7-27-18(9-13)23(24,25)26/h4-11H,3H2,1-2H3,(H,29,32)(H,28,30,31,33). The van der Waals surface area contributed by atoms with Gasteiger partial charge in [-0.2, -0.15) is 13.2 Å². The van der Waals surface area contributed by atoms with E-state index in [0.29, 0.717) is 46.2 Å². The third-order valence-electron chi connectivity index (χ3n) is 5.06. The summed E-state index contributed by atoms with van der Waals surface area (Å²) in [6.07, 6.45) is -1.48. The summed E-state index contributed by atoms with van der Waals surface area (Å²) in [7, 11) is 0. The molecule has 7 nitrogen and oxygen atoms in total. The summed E-state index contributed by atoms with van der Waals surface area (Å²) in [5.74, 6) is -0.123. The molecular formula is C23H18F3N5O2. The molecule has 0 aliphatic rings. The minimum atomic E-state index is -4.66. The molecule has 33 heavy (non-hydrogen) atoms. The van der Waals surface area contributed by atoms with Gasteiger partial charge in [-0.05, 0) is 48.4 Å². The monoisotopic (exact) mass is 453 g/mol. The zero-order valence-corrected chi connectivity index (χ0v) is 17.6. The molecule has 0 spiro atoms. The number of pyridine rings is 2. The van der Waals surface area contributed by atoms with Crippen LogP contribution in [0.15, 0.2) is 53.6 Å². The van der Waals surface area contributed by atoms with Crippen LogP contribution in [0.1, 0.15) is 34.4 Å². The number of anilines is 1. The first-order valence-electron chi connectivity index (χ1n) is 10.0. The van der Waals surface area contributed by atoms with Gasteiger partial charge in [0.15, 0.2) is 0 Å². The number of rotatable bonds is 4. The number of carbonyl (C=O) groups excluding carboxylic acids is 1. The Morgan fingerprint density at radius 2 is 1.88 bits per heavy atom. The van der Waals surface area contributed by atoms with Gasteiger partial charge in [-0.25, -0.2) is 9.97 Å². The maximum absolute atomic E-state index is 12.9. The normalized spacial score (nSPS) is 11.5. The fraction of sp³-hybridized carbons (Fsp3) is 0.174. The van der Waals surface area contributed by atoms with Gasteiger partial charge in [0.1, 0.15) is 17.2 Å². The lowest BCUT2D eigenvalue weighted by atomic mass is 10.00. The van der Waals surface area contributed by atoms with E-state index >= 15 is 0 Å². The average Bonchev–Trinajstić information content (AvgIpc) is 2.79. The number of nitrogens with one attached hydrogen (secondary N) is 2. The molecule has 168 valence electrons. The molecule has 0 radical (unpaired) electrons. The van der Waals surface area contributed by atoms with Crippen molar-refractivity contribution in [2.45, 2.75) is 26.4 Å². The largest absolute Gasteiger partial charge is 0.433 e. The second-order valence-electron chi connectivity index (χ2n) is 7.37. The van der Waals surface area contributed by atoms with Crippen LogP contribution in [0.3, 0.4) is 0 Å². The van der Waals surface area contributed by atoms with Crippen molar-refractivity contribution in [1.82, 2.24) is 19.9 Å². The van der Waals surface area contributed by atoms with Gasteiger partial charge < -0.3 is 10.3 Å². The molecule has 0 unspecified atom stereocenters. The van der Waals surface area contributed by atoms with E-state index < -0.39 is 17.8 Å². The van der Waals surface area contributed by atoms with Gasteiger partial charge in [-0.3, -0.25) is 14.6 Å². The maximum atomic E-state index is 12.9. The molecule has 0 atom stereocenters. The average molecular weight is 453 g/mol. The summed E-state index contributed by atoms with van der Waals surface area (Å²) in [6.45, 7) is 3.71. The minimum Gasteiger partial charge on any atom is -0.322 e. The summed E-state index contributed by atoms with van der Waals surface area (Å²) in [4.78, 5) is 39.9. The van der Waals surface area contributed by atoms with E-state index in [1.807, 2.05) is 6.92 Å². The number of halogens is 3. The molecule has 0 saturated carbocycles. The molecular weight excluding hydrogens is 435 g/mol. The highest BCUT2D eigenvalue weighted by Gasteiger charge is 2.33. The van der Waals surface area contributed by atoms with E-state index in [1.54, 1.807) is 37.4 Å². The molecule has 4 rings (SSSR count). The first-order valence-corrected chi connectivity index (χ1v) is 10.0. The van der Waals surface area contributed by atoms with E-state index in [4.69, 9.17) is 0 Å². The molecule has 3 heterocycles. The summed E-state index contributed by atoms with van der Waals surface area (Å²) >= 11 is 0. The van der Waals surface area contributed by atoms with Crippen LogP contribution >= 0.6 is 0 Å². The second kappa shape index (κ2) is 8.45. The van der Waals surface area contributed by atoms with E-state index in [0.717, 1.165) is 11.8 Å². The third kappa shape index (κ3) is 4.59. The van der Waals surface area contributed by atoms with Crippen LogP contribution in [0.2, 0.25) is 0 Å². The molecule has 1 amide bonds. The van der Waals surface area contributed by atoms with Crippen LogP contribution in [0, 0.1) is 6.92 Å². The summed E-state index contributed by atoms with van der Waals surface area (Å²) in [6, 6.07) is 8.45. The van der Waals surface area contributed by atoms with Crippen molar-refractivity contribution < 1.29 is 18.0 Å². The van der Waals surface area contributed by atoms with Crippen molar-refractivity contribution in [3.63, 3.8) is 0 Å². The van der Waals surface area contributed by atoms with Crippen LogP contribution in [-0.2, 0) is 12.6 Å². The second-order valence-corrected chi connectivity index (χ2v) is 7.37. The zero-order valence-electron chi connectivity index (χ0n) is 17.6. The molecule has 1 aromatic carbocycles. The highest BCUT2D eigenvalue weighted by molar-refractivity contribution is 6.04. The number of aryl methyl sites for hydroxylation is 2. The van der Waals surface area contributed by atoms with Gasteiger partial charge >= 0.3 is 6.18 Å². The Kier molecular flexibility index (Phi) is 5.67. The number of aromatic amines is 1. The predicted octanol–water partition coefficient (Wildman–Crippen LogP) is 4.52. The molecule has 0 saturated heterocycles. The highest BCUT2D eigenvalue weighted by atomic mass is 19.4. The van der Waals surface area contributed by atoms with Gasteiger partial charge in [-0.15, -0.1) is 0 Å². The molecule has 10 heteroatoms. The van der Waals surface area contributed by atoms with Crippen LogP contribution in [-0.4, -0.2) is 25.8 Å². The first-order chi connectivity index (χ1) is 15.7. The number of hydrogen-bond acceptors (Lipinski definition) is 5. The van der Waals surface area contributed by atoms with Gasteiger partial charge in [0, 0.05) is 41.0 Å². The number of aromatic nitrogens is 4. The Labute approximate surface area is 185 Å². The van der Waals surface area contributed by atoms with Crippen LogP contribution in [0.4, 0.5) is 18.9 Å². The summed E-state index contributed by atoms with van der Waals surface area (Å²) < 4.78 is 38.7. The number of fused-ring (bicyclic) bond motifs is 1. The molecule has 0 aliphatic carbocycles. The lowest BCUT2D eigenvalue weighted by Gasteiger charge is -2.12. The van der Waals surface area contributed by atoms with Gasteiger partial charge in [0.05, 0.1) is 0 Å². The van der Waals surface area contributed by atoms with Crippen LogP contribution in [0.5, 0.6) is 0 Å². The number of hydrogen-bond donors (Lipinski definition) is 2. The van der Waals surface area contributed by atoms with Gasteiger partial charge in [0.25, 0.3) is 11.5 Å². The van der Waals surface area contributed by atoms with Crippen molar-refractivity contribution in [1.29, 1.82) is 0 Å². The third-order valence-corrected chi connectivity index (χ3v) is 5.06. The zero-order chi connectivity index (χ0) is 23.8. The van der Waals surface area contributed by atoms with Crippen molar-refractivity contribution >= 4 is 22.6 Å². The maximum Gasteiger partial charge on any atom is 0.433 e. The van der Waals surface area contributed by atoms with Crippen molar-refractivity contribution in [3.8, 4) is 11.1 Å². The molecule has 4 aromatic rings. The summed E-state index contributed by atoms with van der Waals surface area (Å²) in [5, 5.41) is 3.22. The predicted molar refractivity (Wildman–Crippen MR) is 117 cm³/mol. The van der Waals surface area contributed by atoms with E-state index in [9.17, 15) is 22.8 Å². The topological polar surface area (TPSA) is 101 Å². The number of alkyl halides is 3. The summed E-state index contributed by atoms with van der Waals surface area (Å²) in [5.41, 5.74) is 0.723. The number of amides is 1. The van der Waals surface area contributed by atoms with E-state index in [-0.39, 0.29) is 11.1 Å². The highest BCUT2D eigenvalue weighted by Crippen LogP contribution is 2.29. The molecule has 2 N–H and O–H groups in total.